The minimum Gasteiger partial charge on any atom is -0.337 e. The predicted octanol–water partition coefficient (Wildman–Crippen LogP) is 6.97. The van der Waals surface area contributed by atoms with Crippen molar-refractivity contribution in [3.63, 3.8) is 0 Å². The lowest BCUT2D eigenvalue weighted by Crippen LogP contribution is -2.29. The van der Waals surface area contributed by atoms with E-state index in [0.29, 0.717) is 20.8 Å². The van der Waals surface area contributed by atoms with Crippen LogP contribution in [0.3, 0.4) is 0 Å². The summed E-state index contributed by atoms with van der Waals surface area (Å²) in [4.78, 5) is 23.6. The number of amides is 1. The second kappa shape index (κ2) is 8.31. The molecule has 0 bridgehead atoms. The molecule has 0 radical (unpaired) electrons. The Labute approximate surface area is 198 Å². The van der Waals surface area contributed by atoms with E-state index in [-0.39, 0.29) is 11.7 Å². The van der Waals surface area contributed by atoms with Crippen LogP contribution in [0.2, 0.25) is 5.02 Å². The van der Waals surface area contributed by atoms with Gasteiger partial charge in [-0.1, -0.05) is 41.6 Å². The van der Waals surface area contributed by atoms with Gasteiger partial charge < -0.3 is 4.90 Å². The molecule has 2 aliphatic rings. The average Bonchev–Trinajstić information content (AvgIpc) is 3.27. The summed E-state index contributed by atoms with van der Waals surface area (Å²) >= 11 is 9.04. The molecule has 0 atom stereocenters. The van der Waals surface area contributed by atoms with Gasteiger partial charge in [0.25, 0.3) is 5.91 Å². The van der Waals surface area contributed by atoms with Gasteiger partial charge >= 0.3 is 0 Å². The number of fused-ring (bicyclic) bond motifs is 1. The van der Waals surface area contributed by atoms with Gasteiger partial charge in [0.1, 0.15) is 10.7 Å². The molecule has 1 fully saturated rings. The van der Waals surface area contributed by atoms with E-state index in [2.05, 4.69) is 0 Å². The molecule has 3 aromatic rings. The van der Waals surface area contributed by atoms with E-state index in [1.165, 1.54) is 35.7 Å². The largest absolute Gasteiger partial charge is 0.337 e. The lowest BCUT2D eigenvalue weighted by Gasteiger charge is -2.17. The number of aliphatic imine (C=N–C) groups is 1. The summed E-state index contributed by atoms with van der Waals surface area (Å²) in [5.74, 6) is -0.551. The fourth-order valence-corrected chi connectivity index (χ4v) is 5.99. The Morgan fingerprint density at radius 1 is 1.00 bits per heavy atom. The zero-order valence-corrected chi connectivity index (χ0v) is 19.6. The fraction of sp³-hybridized carbons (Fsp3) is 0.0833. The van der Waals surface area contributed by atoms with Crippen molar-refractivity contribution in [1.29, 1.82) is 0 Å². The summed E-state index contributed by atoms with van der Waals surface area (Å²) in [7, 11) is 1.92. The number of thioether (sulfide) groups is 2. The molecule has 3 aromatic carbocycles. The number of hydrogen-bond donors (Lipinski definition) is 0. The molecule has 8 heteroatoms. The number of rotatable bonds is 2. The first-order chi connectivity index (χ1) is 15.4. The Morgan fingerprint density at radius 3 is 2.50 bits per heavy atom. The summed E-state index contributed by atoms with van der Waals surface area (Å²) in [6.07, 6.45) is 0. The van der Waals surface area contributed by atoms with Crippen molar-refractivity contribution in [2.75, 3.05) is 16.8 Å². The highest BCUT2D eigenvalue weighted by molar-refractivity contribution is 8.20. The third-order valence-electron chi connectivity index (χ3n) is 5.19. The number of halogens is 2. The van der Waals surface area contributed by atoms with Crippen LogP contribution in [-0.4, -0.2) is 18.1 Å². The van der Waals surface area contributed by atoms with Crippen LogP contribution in [0.4, 0.5) is 21.5 Å². The van der Waals surface area contributed by atoms with Gasteiger partial charge in [0.2, 0.25) is 0 Å². The van der Waals surface area contributed by atoms with Crippen LogP contribution in [0.25, 0.3) is 0 Å². The number of aryl methyl sites for hydroxylation is 1. The molecule has 0 aromatic heterocycles. The van der Waals surface area contributed by atoms with Gasteiger partial charge in [0.05, 0.1) is 22.1 Å². The van der Waals surface area contributed by atoms with Crippen LogP contribution in [-0.2, 0) is 4.79 Å². The highest BCUT2D eigenvalue weighted by Gasteiger charge is 2.40. The van der Waals surface area contributed by atoms with E-state index in [1.54, 1.807) is 17.0 Å². The SMILES string of the molecule is Cc1ccccc1N=C1S/C(=C2\Sc3ccc(Cl)cc3N2C)C(=O)N1c1ccc(F)cc1. The summed E-state index contributed by atoms with van der Waals surface area (Å²) in [5.41, 5.74) is 3.31. The number of nitrogens with zero attached hydrogens (tertiary/aromatic N) is 3. The van der Waals surface area contributed by atoms with Crippen molar-refractivity contribution in [2.24, 2.45) is 4.99 Å². The fourth-order valence-electron chi connectivity index (χ4n) is 3.51. The molecule has 4 nitrogen and oxygen atoms in total. The number of carbonyl (C=O) groups is 1. The molecule has 1 saturated heterocycles. The van der Waals surface area contributed by atoms with Gasteiger partial charge in [-0.15, -0.1) is 0 Å². The van der Waals surface area contributed by atoms with E-state index in [0.717, 1.165) is 26.9 Å². The summed E-state index contributed by atoms with van der Waals surface area (Å²) < 4.78 is 13.6. The zero-order chi connectivity index (χ0) is 22.4. The quantitative estimate of drug-likeness (QED) is 0.370. The van der Waals surface area contributed by atoms with Crippen LogP contribution < -0.4 is 9.80 Å². The minimum absolute atomic E-state index is 0.192. The third-order valence-corrected chi connectivity index (χ3v) is 7.82. The van der Waals surface area contributed by atoms with Crippen molar-refractivity contribution in [1.82, 2.24) is 0 Å². The maximum Gasteiger partial charge on any atom is 0.274 e. The normalized spacial score (nSPS) is 19.2. The van der Waals surface area contributed by atoms with Gasteiger partial charge in [0, 0.05) is 17.0 Å². The predicted molar refractivity (Wildman–Crippen MR) is 132 cm³/mol. The number of anilines is 2. The van der Waals surface area contributed by atoms with E-state index in [1.807, 2.05) is 61.3 Å². The number of benzene rings is 3. The van der Waals surface area contributed by atoms with Gasteiger partial charge in [-0.3, -0.25) is 9.69 Å². The Morgan fingerprint density at radius 2 is 1.75 bits per heavy atom. The topological polar surface area (TPSA) is 35.9 Å². The monoisotopic (exact) mass is 481 g/mol. The minimum atomic E-state index is -0.359. The molecular weight excluding hydrogens is 465 g/mol. The Balaban J connectivity index is 1.63. The molecule has 1 amide bonds. The molecule has 5 rings (SSSR count). The van der Waals surface area contributed by atoms with Crippen molar-refractivity contribution >= 4 is 63.3 Å². The number of para-hydroxylation sites is 1. The zero-order valence-electron chi connectivity index (χ0n) is 17.2. The summed E-state index contributed by atoms with van der Waals surface area (Å²) in [6.45, 7) is 1.98. The van der Waals surface area contributed by atoms with Gasteiger partial charge in [-0.25, -0.2) is 9.38 Å². The molecule has 0 unspecified atom stereocenters. The summed E-state index contributed by atoms with van der Waals surface area (Å²) in [6, 6.07) is 19.3. The Kier molecular flexibility index (Phi) is 5.49. The molecule has 0 aliphatic carbocycles. The van der Waals surface area contributed by atoms with Gasteiger partial charge in [-0.05, 0) is 72.8 Å². The first-order valence-electron chi connectivity index (χ1n) is 9.80. The average molecular weight is 482 g/mol. The van der Waals surface area contributed by atoms with Gasteiger partial charge in [0.15, 0.2) is 5.17 Å². The second-order valence-electron chi connectivity index (χ2n) is 7.31. The van der Waals surface area contributed by atoms with Crippen molar-refractivity contribution in [2.45, 2.75) is 11.8 Å². The molecular formula is C24H17ClFN3OS2. The highest BCUT2D eigenvalue weighted by atomic mass is 35.5. The molecule has 2 heterocycles. The number of hydrogen-bond acceptors (Lipinski definition) is 5. The second-order valence-corrected chi connectivity index (χ2v) is 9.75. The van der Waals surface area contributed by atoms with Crippen molar-refractivity contribution in [3.05, 3.63) is 93.1 Å². The Hall–Kier alpha value is -2.74. The molecule has 2 aliphatic heterocycles. The summed E-state index contributed by atoms with van der Waals surface area (Å²) in [5, 5.41) is 1.99. The van der Waals surface area contributed by atoms with E-state index < -0.39 is 0 Å². The molecule has 32 heavy (non-hydrogen) atoms. The first kappa shape index (κ1) is 21.1. The van der Waals surface area contributed by atoms with E-state index in [9.17, 15) is 9.18 Å². The van der Waals surface area contributed by atoms with Crippen LogP contribution in [0.1, 0.15) is 5.56 Å². The van der Waals surface area contributed by atoms with Crippen LogP contribution >= 0.6 is 35.1 Å². The lowest BCUT2D eigenvalue weighted by molar-refractivity contribution is -0.113. The standard InChI is InChI=1S/C24H17ClFN3OS2/c1-14-5-3-4-6-18(14)27-24-29(17-10-8-16(26)9-11-17)22(30)21(32-24)23-28(2)19-13-15(25)7-12-20(19)31-23/h3-13H,1-2H3/b23-21-,27-24?. The maximum atomic E-state index is 13.6. The van der Waals surface area contributed by atoms with Crippen molar-refractivity contribution < 1.29 is 9.18 Å². The van der Waals surface area contributed by atoms with Crippen molar-refractivity contribution in [3.8, 4) is 0 Å². The van der Waals surface area contributed by atoms with Crippen LogP contribution in [0, 0.1) is 12.7 Å². The van der Waals surface area contributed by atoms with Crippen LogP contribution in [0.15, 0.2) is 86.6 Å². The number of amidine groups is 1. The third kappa shape index (κ3) is 3.70. The lowest BCUT2D eigenvalue weighted by atomic mass is 10.2. The smallest absolute Gasteiger partial charge is 0.274 e. The molecule has 0 N–H and O–H groups in total. The first-order valence-corrected chi connectivity index (χ1v) is 11.8. The highest BCUT2D eigenvalue weighted by Crippen LogP contribution is 2.51. The van der Waals surface area contributed by atoms with Gasteiger partial charge in [-0.2, -0.15) is 0 Å². The molecule has 0 spiro atoms. The molecule has 160 valence electrons. The van der Waals surface area contributed by atoms with E-state index >= 15 is 0 Å². The maximum absolute atomic E-state index is 13.6. The van der Waals surface area contributed by atoms with Crippen LogP contribution in [0.5, 0.6) is 0 Å². The Bertz CT molecular complexity index is 1310. The molecule has 0 saturated carbocycles. The number of carbonyl (C=O) groups excluding carboxylic acids is 1. The van der Waals surface area contributed by atoms with E-state index in [4.69, 9.17) is 16.6 Å².